The molecular weight excluding hydrogens is 356 g/mol. The van der Waals surface area contributed by atoms with Crippen LogP contribution >= 0.6 is 0 Å². The van der Waals surface area contributed by atoms with Crippen molar-refractivity contribution in [3.05, 3.63) is 70.6 Å². The van der Waals surface area contributed by atoms with E-state index in [9.17, 15) is 9.59 Å². The second-order valence-electron chi connectivity index (χ2n) is 6.27. The molecule has 0 unspecified atom stereocenters. The standard InChI is InChI=1S/C22H24N2O4/c1-3-28-14-6-13-23-21(25)20-15-24(16-9-11-17(27-2)12-10-16)22(26)19-8-5-4-7-18(19)20/h4-5,7-12,15H,3,6,13-14H2,1-2H3,(H,23,25). The number of pyridine rings is 1. The first-order valence-corrected chi connectivity index (χ1v) is 9.30. The van der Waals surface area contributed by atoms with E-state index in [2.05, 4.69) is 5.32 Å². The van der Waals surface area contributed by atoms with E-state index in [0.29, 0.717) is 47.5 Å². The average molecular weight is 380 g/mol. The summed E-state index contributed by atoms with van der Waals surface area (Å²) in [7, 11) is 1.59. The highest BCUT2D eigenvalue weighted by atomic mass is 16.5. The number of amides is 1. The van der Waals surface area contributed by atoms with Crippen molar-refractivity contribution in [1.29, 1.82) is 0 Å². The highest BCUT2D eigenvalue weighted by molar-refractivity contribution is 6.06. The topological polar surface area (TPSA) is 69.6 Å². The van der Waals surface area contributed by atoms with Gasteiger partial charge < -0.3 is 14.8 Å². The summed E-state index contributed by atoms with van der Waals surface area (Å²) in [5.74, 6) is 0.486. The zero-order valence-corrected chi connectivity index (χ0v) is 16.1. The number of hydrogen-bond acceptors (Lipinski definition) is 4. The summed E-state index contributed by atoms with van der Waals surface area (Å²) < 4.78 is 12.0. The fourth-order valence-electron chi connectivity index (χ4n) is 3.02. The first-order valence-electron chi connectivity index (χ1n) is 9.30. The number of fused-ring (bicyclic) bond motifs is 1. The predicted octanol–water partition coefficient (Wildman–Crippen LogP) is 3.16. The Labute approximate surface area is 163 Å². The van der Waals surface area contributed by atoms with E-state index < -0.39 is 0 Å². The van der Waals surface area contributed by atoms with Crippen molar-refractivity contribution in [3.8, 4) is 11.4 Å². The van der Waals surface area contributed by atoms with Gasteiger partial charge in [0.15, 0.2) is 0 Å². The molecule has 2 aromatic carbocycles. The number of aromatic nitrogens is 1. The Kier molecular flexibility index (Phi) is 6.45. The van der Waals surface area contributed by atoms with E-state index in [-0.39, 0.29) is 11.5 Å². The number of benzene rings is 2. The molecule has 0 saturated carbocycles. The molecule has 3 rings (SSSR count). The van der Waals surface area contributed by atoms with Gasteiger partial charge in [-0.2, -0.15) is 0 Å². The summed E-state index contributed by atoms with van der Waals surface area (Å²) in [5.41, 5.74) is 0.957. The van der Waals surface area contributed by atoms with Crippen LogP contribution in [0.15, 0.2) is 59.5 Å². The third-order valence-electron chi connectivity index (χ3n) is 4.47. The molecule has 1 heterocycles. The Morgan fingerprint density at radius 2 is 1.79 bits per heavy atom. The van der Waals surface area contributed by atoms with E-state index in [4.69, 9.17) is 9.47 Å². The van der Waals surface area contributed by atoms with Gasteiger partial charge in [0.1, 0.15) is 5.75 Å². The maximum absolute atomic E-state index is 13.0. The summed E-state index contributed by atoms with van der Waals surface area (Å²) >= 11 is 0. The lowest BCUT2D eigenvalue weighted by atomic mass is 10.1. The van der Waals surface area contributed by atoms with Gasteiger partial charge >= 0.3 is 0 Å². The number of methoxy groups -OCH3 is 1. The highest BCUT2D eigenvalue weighted by Gasteiger charge is 2.15. The summed E-state index contributed by atoms with van der Waals surface area (Å²) in [5, 5.41) is 4.05. The average Bonchev–Trinajstić information content (AvgIpc) is 2.74. The minimum absolute atomic E-state index is 0.173. The molecule has 0 aliphatic carbocycles. The van der Waals surface area contributed by atoms with Crippen molar-refractivity contribution in [2.24, 2.45) is 0 Å². The quantitative estimate of drug-likeness (QED) is 0.610. The number of carbonyl (C=O) groups excluding carboxylic acids is 1. The molecule has 6 nitrogen and oxygen atoms in total. The lowest BCUT2D eigenvalue weighted by molar-refractivity contribution is 0.0945. The smallest absolute Gasteiger partial charge is 0.262 e. The van der Waals surface area contributed by atoms with E-state index in [1.807, 2.05) is 13.0 Å². The van der Waals surface area contributed by atoms with E-state index in [1.54, 1.807) is 55.8 Å². The van der Waals surface area contributed by atoms with Crippen molar-refractivity contribution >= 4 is 16.7 Å². The lowest BCUT2D eigenvalue weighted by Gasteiger charge is -2.13. The molecule has 0 saturated heterocycles. The van der Waals surface area contributed by atoms with Crippen LogP contribution in [-0.2, 0) is 4.74 Å². The fraction of sp³-hybridized carbons (Fsp3) is 0.273. The van der Waals surface area contributed by atoms with Crippen LogP contribution in [0.25, 0.3) is 16.5 Å². The molecule has 0 atom stereocenters. The molecule has 1 N–H and O–H groups in total. The minimum Gasteiger partial charge on any atom is -0.497 e. The molecule has 0 radical (unpaired) electrons. The molecule has 6 heteroatoms. The molecule has 1 amide bonds. The van der Waals surface area contributed by atoms with E-state index >= 15 is 0 Å². The van der Waals surface area contributed by atoms with Gasteiger partial charge in [0.2, 0.25) is 0 Å². The van der Waals surface area contributed by atoms with Gasteiger partial charge in [-0.15, -0.1) is 0 Å². The maximum Gasteiger partial charge on any atom is 0.262 e. The zero-order chi connectivity index (χ0) is 19.9. The summed E-state index contributed by atoms with van der Waals surface area (Å²) in [6.45, 7) is 3.70. The number of carbonyl (C=O) groups is 1. The largest absolute Gasteiger partial charge is 0.497 e. The molecule has 28 heavy (non-hydrogen) atoms. The number of rotatable bonds is 8. The molecule has 0 bridgehead atoms. The van der Waals surface area contributed by atoms with Crippen molar-refractivity contribution in [1.82, 2.24) is 9.88 Å². The fourth-order valence-corrected chi connectivity index (χ4v) is 3.02. The molecule has 0 aliphatic rings. The molecule has 1 aromatic heterocycles. The maximum atomic E-state index is 13.0. The van der Waals surface area contributed by atoms with Gasteiger partial charge in [0.05, 0.1) is 12.7 Å². The molecule has 0 fully saturated rings. The Hall–Kier alpha value is -3.12. The van der Waals surface area contributed by atoms with Gasteiger partial charge in [0.25, 0.3) is 11.5 Å². The van der Waals surface area contributed by atoms with Gasteiger partial charge in [-0.3, -0.25) is 14.2 Å². The minimum atomic E-state index is -0.213. The van der Waals surface area contributed by atoms with E-state index in [0.717, 1.165) is 6.42 Å². The Morgan fingerprint density at radius 1 is 1.07 bits per heavy atom. The Morgan fingerprint density at radius 3 is 2.46 bits per heavy atom. The SMILES string of the molecule is CCOCCCNC(=O)c1cn(-c2ccc(OC)cc2)c(=O)c2ccccc12. The Bertz CT molecular complexity index is 1010. The van der Waals surface area contributed by atoms with Crippen LogP contribution < -0.4 is 15.6 Å². The van der Waals surface area contributed by atoms with Crippen LogP contribution in [0.3, 0.4) is 0 Å². The first kappa shape index (κ1) is 19.6. The lowest BCUT2D eigenvalue weighted by Crippen LogP contribution is -2.28. The van der Waals surface area contributed by atoms with Gasteiger partial charge in [-0.1, -0.05) is 18.2 Å². The highest BCUT2D eigenvalue weighted by Crippen LogP contribution is 2.19. The van der Waals surface area contributed by atoms with Gasteiger partial charge in [-0.05, 0) is 43.7 Å². The number of nitrogens with one attached hydrogen (secondary N) is 1. The predicted molar refractivity (Wildman–Crippen MR) is 110 cm³/mol. The zero-order valence-electron chi connectivity index (χ0n) is 16.1. The number of hydrogen-bond donors (Lipinski definition) is 1. The monoisotopic (exact) mass is 380 g/mol. The second-order valence-corrected chi connectivity index (χ2v) is 6.27. The molecule has 0 spiro atoms. The van der Waals surface area contributed by atoms with Crippen LogP contribution in [0, 0.1) is 0 Å². The van der Waals surface area contributed by atoms with Crippen LogP contribution in [0.1, 0.15) is 23.7 Å². The molecule has 0 aliphatic heterocycles. The third kappa shape index (κ3) is 4.23. The van der Waals surface area contributed by atoms with Crippen molar-refractivity contribution < 1.29 is 14.3 Å². The summed E-state index contributed by atoms with van der Waals surface area (Å²) in [6, 6.07) is 14.3. The van der Waals surface area contributed by atoms with Crippen molar-refractivity contribution in [3.63, 3.8) is 0 Å². The summed E-state index contributed by atoms with van der Waals surface area (Å²) in [4.78, 5) is 25.8. The Balaban J connectivity index is 1.98. The molecule has 3 aromatic rings. The van der Waals surface area contributed by atoms with Crippen LogP contribution in [-0.4, -0.2) is 37.3 Å². The normalized spacial score (nSPS) is 10.8. The molecule has 146 valence electrons. The molecular formula is C22H24N2O4. The van der Waals surface area contributed by atoms with Crippen molar-refractivity contribution in [2.75, 3.05) is 26.9 Å². The third-order valence-corrected chi connectivity index (χ3v) is 4.47. The first-order chi connectivity index (χ1) is 13.7. The van der Waals surface area contributed by atoms with Crippen LogP contribution in [0.2, 0.25) is 0 Å². The summed E-state index contributed by atoms with van der Waals surface area (Å²) in [6.07, 6.45) is 2.33. The van der Waals surface area contributed by atoms with Gasteiger partial charge in [0, 0.05) is 42.4 Å². The number of ether oxygens (including phenoxy) is 2. The van der Waals surface area contributed by atoms with Gasteiger partial charge in [-0.25, -0.2) is 0 Å². The van der Waals surface area contributed by atoms with Crippen LogP contribution in [0.4, 0.5) is 0 Å². The van der Waals surface area contributed by atoms with Crippen molar-refractivity contribution in [2.45, 2.75) is 13.3 Å². The second kappa shape index (κ2) is 9.19. The van der Waals surface area contributed by atoms with E-state index in [1.165, 1.54) is 4.57 Å². The number of nitrogens with zero attached hydrogens (tertiary/aromatic N) is 1. The van der Waals surface area contributed by atoms with Crippen LogP contribution in [0.5, 0.6) is 5.75 Å².